The minimum atomic E-state index is -1.55. The van der Waals surface area contributed by atoms with Crippen LogP contribution in [0, 0.1) is 6.92 Å². The highest BCUT2D eigenvalue weighted by Crippen LogP contribution is 2.20. The summed E-state index contributed by atoms with van der Waals surface area (Å²) in [4.78, 5) is 11.9. The van der Waals surface area contributed by atoms with E-state index in [9.17, 15) is 20.1 Å². The monoisotopic (exact) mass is 287 g/mol. The molecule has 1 aromatic rings. The maximum atomic E-state index is 11.9. The number of nitrogens with one attached hydrogen (secondary N) is 1. The van der Waals surface area contributed by atoms with Crippen LogP contribution in [0.3, 0.4) is 0 Å². The van der Waals surface area contributed by atoms with Crippen molar-refractivity contribution < 1.29 is 34.4 Å². The van der Waals surface area contributed by atoms with Crippen LogP contribution >= 0.6 is 0 Å². The topological polar surface area (TPSA) is 132 Å². The van der Waals surface area contributed by atoms with E-state index in [0.29, 0.717) is 5.76 Å². The molecule has 1 aliphatic heterocycles. The summed E-state index contributed by atoms with van der Waals surface area (Å²) in [5, 5.41) is 40.5. The summed E-state index contributed by atoms with van der Waals surface area (Å²) in [6.07, 6.45) is -5.56. The smallest absolute Gasteiger partial charge is 0.287 e. The zero-order valence-electron chi connectivity index (χ0n) is 10.8. The molecule has 0 spiro atoms. The lowest BCUT2D eigenvalue weighted by molar-refractivity contribution is -0.252. The minimum Gasteiger partial charge on any atom is -0.456 e. The Balaban J connectivity index is 2.06. The Kier molecular flexibility index (Phi) is 4.41. The second kappa shape index (κ2) is 5.90. The molecule has 5 unspecified atom stereocenters. The number of amides is 1. The summed E-state index contributed by atoms with van der Waals surface area (Å²) in [5.74, 6) is -0.100. The molecule has 1 fully saturated rings. The molecule has 0 radical (unpaired) electrons. The number of aliphatic hydroxyl groups is 4. The Bertz CT molecular complexity index is 474. The number of carbonyl (C=O) groups excluding carboxylic acids is 1. The SMILES string of the molecule is Cc1ccc(C(=O)NC2C(O)OC(CO)C(O)C2O)o1. The van der Waals surface area contributed by atoms with Gasteiger partial charge >= 0.3 is 0 Å². The minimum absolute atomic E-state index is 0.0145. The number of ether oxygens (including phenoxy) is 1. The average Bonchev–Trinajstić information content (AvgIpc) is 2.85. The number of aryl methyl sites for hydroxylation is 1. The van der Waals surface area contributed by atoms with Crippen LogP contribution in [0.25, 0.3) is 0 Å². The highest BCUT2D eigenvalue weighted by molar-refractivity contribution is 5.91. The van der Waals surface area contributed by atoms with Crippen LogP contribution in [0.2, 0.25) is 0 Å². The number of hydrogen-bond acceptors (Lipinski definition) is 7. The van der Waals surface area contributed by atoms with Gasteiger partial charge in [0.1, 0.15) is 30.1 Å². The quantitative estimate of drug-likeness (QED) is 0.439. The molecule has 1 aliphatic rings. The van der Waals surface area contributed by atoms with Gasteiger partial charge in [-0.3, -0.25) is 4.79 Å². The van der Waals surface area contributed by atoms with Crippen molar-refractivity contribution in [3.05, 3.63) is 23.7 Å². The molecule has 5 atom stereocenters. The lowest BCUT2D eigenvalue weighted by Gasteiger charge is -2.40. The third-order valence-electron chi connectivity index (χ3n) is 3.16. The molecule has 8 nitrogen and oxygen atoms in total. The van der Waals surface area contributed by atoms with Crippen molar-refractivity contribution in [1.82, 2.24) is 5.32 Å². The van der Waals surface area contributed by atoms with Gasteiger partial charge < -0.3 is 34.9 Å². The molecular formula is C12H17NO7. The fourth-order valence-corrected chi connectivity index (χ4v) is 2.03. The molecule has 5 N–H and O–H groups in total. The lowest BCUT2D eigenvalue weighted by atomic mass is 9.97. The summed E-state index contributed by atoms with van der Waals surface area (Å²) in [5.41, 5.74) is 0. The van der Waals surface area contributed by atoms with Gasteiger partial charge in [-0.1, -0.05) is 0 Å². The van der Waals surface area contributed by atoms with Gasteiger partial charge in [-0.25, -0.2) is 0 Å². The summed E-state index contributed by atoms with van der Waals surface area (Å²) in [6.45, 7) is 1.10. The highest BCUT2D eigenvalue weighted by atomic mass is 16.6. The first-order chi connectivity index (χ1) is 9.43. The van der Waals surface area contributed by atoms with E-state index >= 15 is 0 Å². The predicted octanol–water partition coefficient (Wildman–Crippen LogP) is -1.88. The standard InChI is InChI=1S/C12H17NO7/c1-5-2-3-6(19-5)11(17)13-8-10(16)9(15)7(4-14)20-12(8)18/h2-3,7-10,12,14-16,18H,4H2,1H3,(H,13,17). The first-order valence-electron chi connectivity index (χ1n) is 6.12. The molecule has 1 aromatic heterocycles. The number of furan rings is 1. The van der Waals surface area contributed by atoms with E-state index in [4.69, 9.17) is 14.3 Å². The van der Waals surface area contributed by atoms with Crippen molar-refractivity contribution in [3.63, 3.8) is 0 Å². The zero-order chi connectivity index (χ0) is 14.9. The van der Waals surface area contributed by atoms with E-state index in [-0.39, 0.29) is 5.76 Å². The Morgan fingerprint density at radius 3 is 2.55 bits per heavy atom. The number of carbonyl (C=O) groups is 1. The number of aliphatic hydroxyl groups excluding tert-OH is 4. The fraction of sp³-hybridized carbons (Fsp3) is 0.583. The van der Waals surface area contributed by atoms with Crippen molar-refractivity contribution in [3.8, 4) is 0 Å². The van der Waals surface area contributed by atoms with Crippen LogP contribution < -0.4 is 5.32 Å². The molecule has 20 heavy (non-hydrogen) atoms. The van der Waals surface area contributed by atoms with Crippen LogP contribution in [0.5, 0.6) is 0 Å². The van der Waals surface area contributed by atoms with Gasteiger partial charge in [0, 0.05) is 0 Å². The molecule has 0 aromatic carbocycles. The van der Waals surface area contributed by atoms with E-state index in [1.807, 2.05) is 0 Å². The van der Waals surface area contributed by atoms with Crippen molar-refractivity contribution >= 4 is 5.91 Å². The van der Waals surface area contributed by atoms with Crippen molar-refractivity contribution in [2.75, 3.05) is 6.61 Å². The maximum absolute atomic E-state index is 11.9. The molecule has 0 aliphatic carbocycles. The van der Waals surface area contributed by atoms with Gasteiger partial charge in [0.2, 0.25) is 0 Å². The molecule has 1 amide bonds. The van der Waals surface area contributed by atoms with Gasteiger partial charge in [0.15, 0.2) is 12.1 Å². The third kappa shape index (κ3) is 2.84. The van der Waals surface area contributed by atoms with Crippen molar-refractivity contribution in [2.45, 2.75) is 37.6 Å². The average molecular weight is 287 g/mol. The highest BCUT2D eigenvalue weighted by Gasteiger charge is 2.44. The second-order valence-electron chi connectivity index (χ2n) is 4.64. The van der Waals surface area contributed by atoms with Gasteiger partial charge in [-0.05, 0) is 19.1 Å². The van der Waals surface area contributed by atoms with Crippen molar-refractivity contribution in [1.29, 1.82) is 0 Å². The Hall–Kier alpha value is -1.45. The Morgan fingerprint density at radius 1 is 1.30 bits per heavy atom. The maximum Gasteiger partial charge on any atom is 0.287 e. The molecule has 0 bridgehead atoms. The van der Waals surface area contributed by atoms with E-state index < -0.39 is 43.2 Å². The molecule has 0 saturated carbocycles. The summed E-state index contributed by atoms with van der Waals surface area (Å²) >= 11 is 0. The lowest BCUT2D eigenvalue weighted by Crippen LogP contribution is -2.64. The summed E-state index contributed by atoms with van der Waals surface area (Å²) in [7, 11) is 0. The summed E-state index contributed by atoms with van der Waals surface area (Å²) in [6, 6.07) is 1.81. The fourth-order valence-electron chi connectivity index (χ4n) is 2.03. The van der Waals surface area contributed by atoms with Crippen LogP contribution in [0.1, 0.15) is 16.3 Å². The largest absolute Gasteiger partial charge is 0.456 e. The molecule has 2 rings (SSSR count). The second-order valence-corrected chi connectivity index (χ2v) is 4.64. The van der Waals surface area contributed by atoms with Crippen molar-refractivity contribution in [2.24, 2.45) is 0 Å². The summed E-state index contributed by atoms with van der Waals surface area (Å²) < 4.78 is 10.0. The van der Waals surface area contributed by atoms with Crippen LogP contribution in [0.4, 0.5) is 0 Å². The Morgan fingerprint density at radius 2 is 2.00 bits per heavy atom. The number of hydrogen-bond donors (Lipinski definition) is 5. The van der Waals surface area contributed by atoms with Gasteiger partial charge in [-0.2, -0.15) is 0 Å². The van der Waals surface area contributed by atoms with E-state index in [0.717, 1.165) is 0 Å². The van der Waals surface area contributed by atoms with E-state index in [1.54, 1.807) is 13.0 Å². The van der Waals surface area contributed by atoms with Gasteiger partial charge in [0.05, 0.1) is 6.61 Å². The first kappa shape index (κ1) is 14.9. The zero-order valence-corrected chi connectivity index (χ0v) is 10.8. The molecule has 1 saturated heterocycles. The first-order valence-corrected chi connectivity index (χ1v) is 6.12. The van der Waals surface area contributed by atoms with E-state index in [1.165, 1.54) is 6.07 Å². The van der Waals surface area contributed by atoms with Gasteiger partial charge in [0.25, 0.3) is 5.91 Å². The Labute approximate surface area is 114 Å². The predicted molar refractivity (Wildman–Crippen MR) is 64.7 cm³/mol. The molecule has 2 heterocycles. The molecule has 112 valence electrons. The molecular weight excluding hydrogens is 270 g/mol. The van der Waals surface area contributed by atoms with Crippen LogP contribution in [0.15, 0.2) is 16.5 Å². The van der Waals surface area contributed by atoms with Gasteiger partial charge in [-0.15, -0.1) is 0 Å². The third-order valence-corrected chi connectivity index (χ3v) is 3.16. The van der Waals surface area contributed by atoms with E-state index in [2.05, 4.69) is 5.32 Å². The number of rotatable bonds is 3. The van der Waals surface area contributed by atoms with Crippen LogP contribution in [-0.4, -0.2) is 63.6 Å². The normalized spacial score (nSPS) is 34.0. The molecule has 8 heteroatoms. The van der Waals surface area contributed by atoms with Crippen LogP contribution in [-0.2, 0) is 4.74 Å².